The number of hydrogen-bond acceptors (Lipinski definition) is 4. The van der Waals surface area contributed by atoms with Gasteiger partial charge in [-0.25, -0.2) is 13.1 Å². The summed E-state index contributed by atoms with van der Waals surface area (Å²) in [6.45, 7) is 5.19. The van der Waals surface area contributed by atoms with E-state index in [2.05, 4.69) is 29.2 Å². The van der Waals surface area contributed by atoms with Gasteiger partial charge in [-0.15, -0.1) is 0 Å². The average Bonchev–Trinajstić information content (AvgIpc) is 3.10. The fraction of sp³-hybridized carbons (Fsp3) is 0.348. The minimum Gasteiger partial charge on any atom is -0.294 e. The highest BCUT2D eigenvalue weighted by molar-refractivity contribution is 7.88. The minimum atomic E-state index is -3.29. The average molecular weight is 425 g/mol. The minimum absolute atomic E-state index is 0.302. The zero-order chi connectivity index (χ0) is 21.1. The zero-order valence-corrected chi connectivity index (χ0v) is 18.3. The summed E-state index contributed by atoms with van der Waals surface area (Å²) in [6.07, 6.45) is 2.15. The third-order valence-electron chi connectivity index (χ3n) is 5.62. The van der Waals surface area contributed by atoms with Crippen molar-refractivity contribution >= 4 is 10.0 Å². The monoisotopic (exact) mass is 424 g/mol. The lowest BCUT2D eigenvalue weighted by molar-refractivity contribution is 0.242. The van der Waals surface area contributed by atoms with Gasteiger partial charge in [-0.05, 0) is 17.7 Å². The van der Waals surface area contributed by atoms with Gasteiger partial charge >= 0.3 is 0 Å². The largest absolute Gasteiger partial charge is 0.294 e. The van der Waals surface area contributed by atoms with E-state index in [-0.39, 0.29) is 0 Å². The molecule has 0 unspecified atom stereocenters. The second-order valence-electron chi connectivity index (χ2n) is 7.75. The fourth-order valence-electron chi connectivity index (χ4n) is 4.06. The molecule has 0 aliphatic carbocycles. The van der Waals surface area contributed by atoms with Gasteiger partial charge in [0, 0.05) is 38.2 Å². The van der Waals surface area contributed by atoms with Crippen LogP contribution in [0.4, 0.5) is 0 Å². The quantitative estimate of drug-likeness (QED) is 0.584. The Morgan fingerprint density at radius 3 is 2.33 bits per heavy atom. The van der Waals surface area contributed by atoms with Crippen molar-refractivity contribution in [2.24, 2.45) is 0 Å². The zero-order valence-electron chi connectivity index (χ0n) is 17.5. The third-order valence-corrected chi connectivity index (χ3v) is 6.94. The molecule has 0 spiro atoms. The van der Waals surface area contributed by atoms with Crippen LogP contribution in [0.15, 0.2) is 60.7 Å². The lowest BCUT2D eigenvalue weighted by Gasteiger charge is -2.28. The van der Waals surface area contributed by atoms with Crippen LogP contribution in [-0.2, 0) is 36.1 Å². The highest BCUT2D eigenvalue weighted by atomic mass is 32.2. The van der Waals surface area contributed by atoms with Gasteiger partial charge in [0.15, 0.2) is 0 Å². The molecule has 30 heavy (non-hydrogen) atoms. The molecule has 4 rings (SSSR count). The number of rotatable bonds is 7. The van der Waals surface area contributed by atoms with Gasteiger partial charge < -0.3 is 0 Å². The Labute approximate surface area is 178 Å². The van der Waals surface area contributed by atoms with Crippen molar-refractivity contribution in [3.05, 3.63) is 83.2 Å². The molecule has 0 radical (unpaired) electrons. The maximum atomic E-state index is 12.2. The van der Waals surface area contributed by atoms with Crippen molar-refractivity contribution < 1.29 is 8.42 Å². The van der Waals surface area contributed by atoms with Crippen LogP contribution in [0.1, 0.15) is 29.4 Å². The van der Waals surface area contributed by atoms with Crippen molar-refractivity contribution in [2.75, 3.05) is 19.3 Å². The molecule has 1 aromatic heterocycles. The first kappa shape index (κ1) is 20.8. The SMILES string of the molecule is CCN(Cc1nn(-c2ccccc2)c2c1CN(Cc1ccccc1)CC2)S(C)(=O)=O. The van der Waals surface area contributed by atoms with Crippen LogP contribution in [-0.4, -0.2) is 46.7 Å². The van der Waals surface area contributed by atoms with Crippen molar-refractivity contribution in [3.8, 4) is 5.69 Å². The summed E-state index contributed by atoms with van der Waals surface area (Å²) < 4.78 is 27.9. The summed E-state index contributed by atoms with van der Waals surface area (Å²) >= 11 is 0. The molecule has 0 N–H and O–H groups in total. The Morgan fingerprint density at radius 2 is 1.70 bits per heavy atom. The Kier molecular flexibility index (Phi) is 6.04. The smallest absolute Gasteiger partial charge is 0.211 e. The number of fused-ring (bicyclic) bond motifs is 1. The maximum absolute atomic E-state index is 12.2. The molecule has 2 heterocycles. The summed E-state index contributed by atoms with van der Waals surface area (Å²) in [5.74, 6) is 0. The molecule has 0 atom stereocenters. The Morgan fingerprint density at radius 1 is 1.03 bits per heavy atom. The summed E-state index contributed by atoms with van der Waals surface area (Å²) in [4.78, 5) is 2.41. The number of benzene rings is 2. The molecular weight excluding hydrogens is 396 g/mol. The van der Waals surface area contributed by atoms with Gasteiger partial charge in [-0.3, -0.25) is 4.90 Å². The second kappa shape index (κ2) is 8.71. The Balaban J connectivity index is 1.69. The maximum Gasteiger partial charge on any atom is 0.211 e. The predicted octanol–water partition coefficient (Wildman–Crippen LogP) is 3.21. The van der Waals surface area contributed by atoms with Crippen molar-refractivity contribution in [2.45, 2.75) is 33.0 Å². The highest BCUT2D eigenvalue weighted by Gasteiger charge is 2.28. The molecule has 0 saturated carbocycles. The van der Waals surface area contributed by atoms with Crippen LogP contribution < -0.4 is 0 Å². The van der Waals surface area contributed by atoms with E-state index in [0.717, 1.165) is 43.0 Å². The molecular formula is C23H28N4O2S. The first-order valence-corrected chi connectivity index (χ1v) is 12.2. The lowest BCUT2D eigenvalue weighted by atomic mass is 10.0. The van der Waals surface area contributed by atoms with Crippen molar-refractivity contribution in [3.63, 3.8) is 0 Å². The topological polar surface area (TPSA) is 58.4 Å². The summed E-state index contributed by atoms with van der Waals surface area (Å²) in [5.41, 5.74) is 5.48. The highest BCUT2D eigenvalue weighted by Crippen LogP contribution is 2.27. The molecule has 1 aliphatic rings. The second-order valence-corrected chi connectivity index (χ2v) is 9.74. The van der Waals surface area contributed by atoms with Crippen LogP contribution in [0.5, 0.6) is 0 Å². The van der Waals surface area contributed by atoms with Gasteiger partial charge in [0.05, 0.1) is 29.9 Å². The van der Waals surface area contributed by atoms with Gasteiger partial charge in [0.25, 0.3) is 0 Å². The molecule has 7 heteroatoms. The molecule has 0 bridgehead atoms. The summed E-state index contributed by atoms with van der Waals surface area (Å²) in [5, 5.41) is 4.89. The van der Waals surface area contributed by atoms with Gasteiger partial charge in [-0.1, -0.05) is 55.5 Å². The standard InChI is InChI=1S/C23H28N4O2S/c1-3-26(30(2,28)29)18-22-21-17-25(16-19-10-6-4-7-11-19)15-14-23(21)27(24-22)20-12-8-5-9-13-20/h4-13H,3,14-18H2,1-2H3. The molecule has 2 aromatic carbocycles. The van der Waals surface area contributed by atoms with E-state index in [1.165, 1.54) is 21.8 Å². The molecule has 1 aliphatic heterocycles. The molecule has 3 aromatic rings. The van der Waals surface area contributed by atoms with Crippen molar-refractivity contribution in [1.29, 1.82) is 0 Å². The van der Waals surface area contributed by atoms with E-state index in [1.54, 1.807) is 0 Å². The van der Waals surface area contributed by atoms with Crippen LogP contribution in [0, 0.1) is 0 Å². The van der Waals surface area contributed by atoms with E-state index in [9.17, 15) is 8.42 Å². The summed E-state index contributed by atoms with van der Waals surface area (Å²) in [6, 6.07) is 20.5. The van der Waals surface area contributed by atoms with Crippen LogP contribution >= 0.6 is 0 Å². The van der Waals surface area contributed by atoms with Gasteiger partial charge in [0.2, 0.25) is 10.0 Å². The Hall–Kier alpha value is -2.48. The number of nitrogens with zero attached hydrogens (tertiary/aromatic N) is 4. The summed E-state index contributed by atoms with van der Waals surface area (Å²) in [7, 11) is -3.29. The number of sulfonamides is 1. The molecule has 0 amide bonds. The van der Waals surface area contributed by atoms with E-state index in [1.807, 2.05) is 48.0 Å². The van der Waals surface area contributed by atoms with Crippen LogP contribution in [0.25, 0.3) is 5.69 Å². The predicted molar refractivity (Wildman–Crippen MR) is 119 cm³/mol. The van der Waals surface area contributed by atoms with Crippen LogP contribution in [0.3, 0.4) is 0 Å². The van der Waals surface area contributed by atoms with Gasteiger partial charge in [-0.2, -0.15) is 9.40 Å². The van der Waals surface area contributed by atoms with Gasteiger partial charge in [0.1, 0.15) is 0 Å². The lowest BCUT2D eigenvalue weighted by Crippen LogP contribution is -2.32. The number of hydrogen-bond donors (Lipinski definition) is 0. The molecule has 158 valence electrons. The van der Waals surface area contributed by atoms with E-state index < -0.39 is 10.0 Å². The van der Waals surface area contributed by atoms with E-state index in [4.69, 9.17) is 5.10 Å². The van der Waals surface area contributed by atoms with Crippen molar-refractivity contribution in [1.82, 2.24) is 19.0 Å². The first-order valence-electron chi connectivity index (χ1n) is 10.3. The molecule has 0 fully saturated rings. The number of para-hydroxylation sites is 1. The van der Waals surface area contributed by atoms with E-state index >= 15 is 0 Å². The molecule has 0 saturated heterocycles. The van der Waals surface area contributed by atoms with E-state index in [0.29, 0.717) is 13.1 Å². The van der Waals surface area contributed by atoms with Crippen LogP contribution in [0.2, 0.25) is 0 Å². The Bertz CT molecular complexity index is 1090. The number of aromatic nitrogens is 2. The fourth-order valence-corrected chi connectivity index (χ4v) is 4.88. The third kappa shape index (κ3) is 4.48. The first-order chi connectivity index (χ1) is 14.5. The molecule has 6 nitrogen and oxygen atoms in total. The normalized spacial score (nSPS) is 14.8.